The standard InChI is InChI=1S/C23H21ClN4OS/c1-30(2,3)11-10-15-8-9-19-17(12-15)21(16-6-4-5-7-18(16)24)26-13-20-22(23(25)29)27-14-28(19)20/h4-9,12,14H,13H2,1-3H3,(H2,25,29). The number of benzene rings is 2. The Kier molecular flexibility index (Phi) is 5.19. The number of halogens is 1. The average Bonchev–Trinajstić information content (AvgIpc) is 3.05. The lowest BCUT2D eigenvalue weighted by molar-refractivity contribution is 0.0995. The van der Waals surface area contributed by atoms with E-state index in [2.05, 4.69) is 34.9 Å². The Bertz CT molecular complexity index is 1260. The molecule has 152 valence electrons. The van der Waals surface area contributed by atoms with Crippen LogP contribution in [0, 0.1) is 11.2 Å². The van der Waals surface area contributed by atoms with Crippen molar-refractivity contribution in [1.82, 2.24) is 9.55 Å². The minimum Gasteiger partial charge on any atom is -0.364 e. The Morgan fingerprint density at radius 2 is 1.93 bits per heavy atom. The van der Waals surface area contributed by atoms with Gasteiger partial charge in [0.25, 0.3) is 5.91 Å². The molecular weight excluding hydrogens is 416 g/mol. The van der Waals surface area contributed by atoms with Gasteiger partial charge in [-0.25, -0.2) is 4.98 Å². The van der Waals surface area contributed by atoms with Crippen molar-refractivity contribution in [3.05, 3.63) is 81.9 Å². The maximum absolute atomic E-state index is 11.9. The lowest BCUT2D eigenvalue weighted by atomic mass is 9.98. The summed E-state index contributed by atoms with van der Waals surface area (Å²) in [5.41, 5.74) is 10.6. The second-order valence-corrected chi connectivity index (χ2v) is 12.0. The molecule has 1 aliphatic rings. The molecular formula is C23H21ClN4OS. The van der Waals surface area contributed by atoms with Gasteiger partial charge in [0.1, 0.15) is 6.33 Å². The van der Waals surface area contributed by atoms with E-state index in [0.717, 1.165) is 28.1 Å². The molecule has 0 aliphatic carbocycles. The Balaban J connectivity index is 1.97. The molecule has 0 unspecified atom stereocenters. The SMILES string of the molecule is CS(C)(C)C#Cc1ccc2c(c1)C(c1ccccc1Cl)=NCc1c(C(N)=O)ncn1-2. The number of aromatic nitrogens is 2. The predicted molar refractivity (Wildman–Crippen MR) is 125 cm³/mol. The summed E-state index contributed by atoms with van der Waals surface area (Å²) in [5, 5.41) is 3.96. The van der Waals surface area contributed by atoms with E-state index >= 15 is 0 Å². The maximum atomic E-state index is 11.9. The van der Waals surface area contributed by atoms with Crippen LogP contribution in [0.1, 0.15) is 32.9 Å². The molecule has 0 radical (unpaired) electrons. The summed E-state index contributed by atoms with van der Waals surface area (Å²) >= 11 is 6.51. The second-order valence-electron chi connectivity index (χ2n) is 7.71. The fourth-order valence-electron chi connectivity index (χ4n) is 3.29. The van der Waals surface area contributed by atoms with E-state index in [1.54, 1.807) is 6.33 Å². The normalized spacial score (nSPS) is 13.3. The molecule has 0 atom stereocenters. The van der Waals surface area contributed by atoms with Gasteiger partial charge in [0.05, 0.1) is 23.6 Å². The highest BCUT2D eigenvalue weighted by molar-refractivity contribution is 8.35. The van der Waals surface area contributed by atoms with Gasteiger partial charge in [0, 0.05) is 21.7 Å². The van der Waals surface area contributed by atoms with Gasteiger partial charge < -0.3 is 5.73 Å². The summed E-state index contributed by atoms with van der Waals surface area (Å²) in [4.78, 5) is 20.9. The molecule has 1 aliphatic heterocycles. The first-order valence-electron chi connectivity index (χ1n) is 9.26. The van der Waals surface area contributed by atoms with Gasteiger partial charge in [-0.2, -0.15) is 10.0 Å². The highest BCUT2D eigenvalue weighted by atomic mass is 35.5. The fourth-order valence-corrected chi connectivity index (χ4v) is 3.94. The highest BCUT2D eigenvalue weighted by Crippen LogP contribution is 2.33. The second kappa shape index (κ2) is 7.67. The van der Waals surface area contributed by atoms with Crippen LogP contribution in [0.15, 0.2) is 53.8 Å². The molecule has 5 nitrogen and oxygen atoms in total. The summed E-state index contributed by atoms with van der Waals surface area (Å²) in [6.45, 7) is 0.265. The minimum atomic E-state index is -0.957. The summed E-state index contributed by atoms with van der Waals surface area (Å²) in [5.74, 6) is 2.72. The van der Waals surface area contributed by atoms with E-state index in [1.165, 1.54) is 0 Å². The first-order chi connectivity index (χ1) is 14.2. The van der Waals surface area contributed by atoms with Crippen LogP contribution in [0.5, 0.6) is 0 Å². The first kappa shape index (κ1) is 20.3. The average molecular weight is 437 g/mol. The van der Waals surface area contributed by atoms with E-state index < -0.39 is 15.9 Å². The zero-order valence-electron chi connectivity index (χ0n) is 16.9. The van der Waals surface area contributed by atoms with Gasteiger partial charge in [-0.05, 0) is 48.3 Å². The summed E-state index contributed by atoms with van der Waals surface area (Å²) in [6.07, 6.45) is 8.08. The van der Waals surface area contributed by atoms with Gasteiger partial charge in [0.15, 0.2) is 5.69 Å². The van der Waals surface area contributed by atoms with Crippen LogP contribution in [0.3, 0.4) is 0 Å². The maximum Gasteiger partial charge on any atom is 0.269 e. The third kappa shape index (κ3) is 3.87. The molecule has 0 saturated heterocycles. The van der Waals surface area contributed by atoms with Crippen LogP contribution in [-0.4, -0.2) is 39.9 Å². The van der Waals surface area contributed by atoms with Crippen LogP contribution in [-0.2, 0) is 6.54 Å². The quantitative estimate of drug-likeness (QED) is 0.617. The van der Waals surface area contributed by atoms with Crippen LogP contribution in [0.25, 0.3) is 5.69 Å². The van der Waals surface area contributed by atoms with Crippen LogP contribution in [0.2, 0.25) is 5.02 Å². The molecule has 0 saturated carbocycles. The third-order valence-corrected chi connectivity index (χ3v) is 5.67. The largest absolute Gasteiger partial charge is 0.364 e. The van der Waals surface area contributed by atoms with Gasteiger partial charge in [-0.3, -0.25) is 14.4 Å². The van der Waals surface area contributed by atoms with E-state index in [1.807, 2.05) is 47.0 Å². The van der Waals surface area contributed by atoms with Crippen molar-refractivity contribution in [3.63, 3.8) is 0 Å². The Morgan fingerprint density at radius 3 is 2.63 bits per heavy atom. The van der Waals surface area contributed by atoms with Gasteiger partial charge in [0.2, 0.25) is 0 Å². The topological polar surface area (TPSA) is 73.3 Å². The third-order valence-electron chi connectivity index (χ3n) is 4.63. The zero-order chi connectivity index (χ0) is 21.5. The Hall–Kier alpha value is -3.01. The summed E-state index contributed by atoms with van der Waals surface area (Å²) in [7, 11) is -0.957. The number of primary amides is 1. The lowest BCUT2D eigenvalue weighted by Gasteiger charge is -2.15. The number of amides is 1. The predicted octanol–water partition coefficient (Wildman–Crippen LogP) is 3.98. The fraction of sp³-hybridized carbons (Fsp3) is 0.174. The number of aliphatic imine (C=N–C) groups is 1. The Morgan fingerprint density at radius 1 is 1.17 bits per heavy atom. The first-order valence-corrected chi connectivity index (χ1v) is 12.5. The molecule has 30 heavy (non-hydrogen) atoms. The van der Waals surface area contributed by atoms with Crippen LogP contribution < -0.4 is 5.73 Å². The molecule has 2 aromatic carbocycles. The number of nitrogens with zero attached hydrogens (tertiary/aromatic N) is 3. The lowest BCUT2D eigenvalue weighted by Crippen LogP contribution is -2.14. The van der Waals surface area contributed by atoms with Crippen molar-refractivity contribution >= 4 is 33.2 Å². The van der Waals surface area contributed by atoms with Crippen LogP contribution >= 0.6 is 21.6 Å². The smallest absolute Gasteiger partial charge is 0.269 e. The van der Waals surface area contributed by atoms with E-state index in [0.29, 0.717) is 10.7 Å². The Labute approximate surface area is 182 Å². The molecule has 2 heterocycles. The summed E-state index contributed by atoms with van der Waals surface area (Å²) in [6, 6.07) is 13.6. The number of rotatable bonds is 2. The highest BCUT2D eigenvalue weighted by Gasteiger charge is 2.24. The number of hydrogen-bond donors (Lipinski definition) is 1. The monoisotopic (exact) mass is 436 g/mol. The molecule has 2 N–H and O–H groups in total. The van der Waals surface area contributed by atoms with Crippen molar-refractivity contribution in [3.8, 4) is 16.9 Å². The van der Waals surface area contributed by atoms with E-state index in [-0.39, 0.29) is 12.2 Å². The van der Waals surface area contributed by atoms with Crippen molar-refractivity contribution in [2.45, 2.75) is 6.54 Å². The van der Waals surface area contributed by atoms with Crippen molar-refractivity contribution < 1.29 is 4.79 Å². The van der Waals surface area contributed by atoms with E-state index in [4.69, 9.17) is 22.3 Å². The molecule has 0 bridgehead atoms. The molecule has 7 heteroatoms. The molecule has 3 aromatic rings. The molecule has 4 rings (SSSR count). The molecule has 0 fully saturated rings. The number of imidazole rings is 1. The number of nitrogens with two attached hydrogens (primary N) is 1. The van der Waals surface area contributed by atoms with Gasteiger partial charge >= 0.3 is 0 Å². The van der Waals surface area contributed by atoms with E-state index in [9.17, 15) is 4.79 Å². The molecule has 0 spiro atoms. The van der Waals surface area contributed by atoms with Crippen molar-refractivity contribution in [2.75, 3.05) is 18.8 Å². The zero-order valence-corrected chi connectivity index (χ0v) is 18.5. The molecule has 1 aromatic heterocycles. The van der Waals surface area contributed by atoms with Crippen LogP contribution in [0.4, 0.5) is 0 Å². The van der Waals surface area contributed by atoms with Crippen molar-refractivity contribution in [2.24, 2.45) is 10.7 Å². The molecule has 1 amide bonds. The minimum absolute atomic E-state index is 0.227. The number of fused-ring (bicyclic) bond motifs is 3. The summed E-state index contributed by atoms with van der Waals surface area (Å²) < 4.78 is 1.87. The number of carbonyl (C=O) groups is 1. The number of hydrogen-bond acceptors (Lipinski definition) is 3. The van der Waals surface area contributed by atoms with Gasteiger partial charge in [-0.1, -0.05) is 35.7 Å². The van der Waals surface area contributed by atoms with Crippen molar-refractivity contribution in [1.29, 1.82) is 0 Å². The number of carbonyl (C=O) groups excluding carboxylic acids is 1. The van der Waals surface area contributed by atoms with Gasteiger partial charge in [-0.15, -0.1) is 0 Å².